The molecule has 0 radical (unpaired) electrons. The summed E-state index contributed by atoms with van der Waals surface area (Å²) in [6, 6.07) is 0. The van der Waals surface area contributed by atoms with Crippen molar-refractivity contribution in [3.05, 3.63) is 17.2 Å². The third-order valence-corrected chi connectivity index (χ3v) is 1.77. The zero-order chi connectivity index (χ0) is 8.43. The van der Waals surface area contributed by atoms with E-state index in [0.717, 1.165) is 0 Å². The molecule has 3 N–H and O–H groups in total. The number of rotatable bonds is 2. The fourth-order valence-corrected chi connectivity index (χ4v) is 1.20. The zero-order valence-electron chi connectivity index (χ0n) is 6.16. The fourth-order valence-electron chi connectivity index (χ4n) is 0.895. The highest BCUT2D eigenvalue weighted by molar-refractivity contribution is 6.30. The number of hydrogen-bond acceptors (Lipinski definition) is 3. The van der Waals surface area contributed by atoms with E-state index in [1.165, 1.54) is 6.33 Å². The maximum absolute atomic E-state index is 9.31. The predicted molar refractivity (Wildman–Crippen MR) is 42.2 cm³/mol. The van der Waals surface area contributed by atoms with Gasteiger partial charge in [0.15, 0.2) is 5.15 Å². The number of nitrogens with two attached hydrogens (primary N) is 1. The molecule has 0 spiro atoms. The highest BCUT2D eigenvalue weighted by Crippen LogP contribution is 2.19. The SMILES string of the molecule is Cn1cnc(Cl)c1[C@@H](O)CN. The molecular weight excluding hydrogens is 166 g/mol. The maximum Gasteiger partial charge on any atom is 0.152 e. The van der Waals surface area contributed by atoms with Gasteiger partial charge in [0.25, 0.3) is 0 Å². The second-order valence-electron chi connectivity index (χ2n) is 2.28. The van der Waals surface area contributed by atoms with Crippen LogP contribution in [0.2, 0.25) is 5.15 Å². The first-order valence-corrected chi connectivity index (χ1v) is 3.59. The molecule has 1 heterocycles. The minimum atomic E-state index is -0.727. The van der Waals surface area contributed by atoms with E-state index in [-0.39, 0.29) is 6.54 Å². The van der Waals surface area contributed by atoms with Crippen LogP contribution >= 0.6 is 11.6 Å². The Labute approximate surface area is 69.6 Å². The van der Waals surface area contributed by atoms with E-state index in [1.54, 1.807) is 11.6 Å². The summed E-state index contributed by atoms with van der Waals surface area (Å²) in [5.74, 6) is 0. The van der Waals surface area contributed by atoms with E-state index >= 15 is 0 Å². The first-order valence-electron chi connectivity index (χ1n) is 3.21. The Morgan fingerprint density at radius 3 is 2.91 bits per heavy atom. The van der Waals surface area contributed by atoms with Crippen molar-refractivity contribution in [2.24, 2.45) is 12.8 Å². The molecule has 0 unspecified atom stereocenters. The van der Waals surface area contributed by atoms with Crippen LogP contribution < -0.4 is 5.73 Å². The van der Waals surface area contributed by atoms with E-state index in [9.17, 15) is 5.11 Å². The molecule has 0 aromatic carbocycles. The molecule has 5 heteroatoms. The summed E-state index contributed by atoms with van der Waals surface area (Å²) in [5, 5.41) is 9.62. The van der Waals surface area contributed by atoms with Crippen molar-refractivity contribution < 1.29 is 5.11 Å². The Kier molecular flexibility index (Phi) is 2.49. The molecule has 0 aliphatic rings. The summed E-state index contributed by atoms with van der Waals surface area (Å²) in [6.07, 6.45) is 0.811. The first kappa shape index (κ1) is 8.52. The molecule has 1 atom stereocenters. The number of aryl methyl sites for hydroxylation is 1. The molecule has 62 valence electrons. The van der Waals surface area contributed by atoms with Gasteiger partial charge < -0.3 is 15.4 Å². The van der Waals surface area contributed by atoms with Gasteiger partial charge in [-0.15, -0.1) is 0 Å². The van der Waals surface area contributed by atoms with E-state index in [4.69, 9.17) is 17.3 Å². The predicted octanol–water partition coefficient (Wildman–Crippen LogP) is 0.0656. The number of halogens is 1. The van der Waals surface area contributed by atoms with Crippen molar-refractivity contribution in [2.75, 3.05) is 6.54 Å². The van der Waals surface area contributed by atoms with Crippen LogP contribution in [0.4, 0.5) is 0 Å². The number of aliphatic hydroxyl groups excluding tert-OH is 1. The molecule has 0 amide bonds. The van der Waals surface area contributed by atoms with Crippen LogP contribution in [0.25, 0.3) is 0 Å². The van der Waals surface area contributed by atoms with Crippen LogP contribution in [-0.2, 0) is 7.05 Å². The van der Waals surface area contributed by atoms with Crippen molar-refractivity contribution in [3.63, 3.8) is 0 Å². The molecule has 1 aromatic heterocycles. The smallest absolute Gasteiger partial charge is 0.152 e. The van der Waals surface area contributed by atoms with E-state index in [2.05, 4.69) is 4.98 Å². The third kappa shape index (κ3) is 1.53. The lowest BCUT2D eigenvalue weighted by atomic mass is 10.3. The van der Waals surface area contributed by atoms with Crippen LogP contribution in [0.3, 0.4) is 0 Å². The van der Waals surface area contributed by atoms with E-state index in [0.29, 0.717) is 10.8 Å². The molecule has 1 rings (SSSR count). The van der Waals surface area contributed by atoms with E-state index < -0.39 is 6.10 Å². The summed E-state index contributed by atoms with van der Waals surface area (Å²) < 4.78 is 1.65. The molecule has 0 aliphatic carbocycles. The number of hydrogen-bond donors (Lipinski definition) is 2. The Hall–Kier alpha value is -0.580. The molecule has 0 bridgehead atoms. The fraction of sp³-hybridized carbons (Fsp3) is 0.500. The second-order valence-corrected chi connectivity index (χ2v) is 2.64. The Morgan fingerprint density at radius 2 is 2.55 bits per heavy atom. The molecule has 11 heavy (non-hydrogen) atoms. The van der Waals surface area contributed by atoms with Crippen molar-refractivity contribution in [2.45, 2.75) is 6.10 Å². The van der Waals surface area contributed by atoms with Gasteiger partial charge >= 0.3 is 0 Å². The Morgan fingerprint density at radius 1 is 1.91 bits per heavy atom. The monoisotopic (exact) mass is 175 g/mol. The van der Waals surface area contributed by atoms with Crippen LogP contribution in [-0.4, -0.2) is 21.2 Å². The average molecular weight is 176 g/mol. The molecule has 0 aliphatic heterocycles. The minimum Gasteiger partial charge on any atom is -0.385 e. The van der Waals surface area contributed by atoms with Gasteiger partial charge in [0.05, 0.1) is 12.0 Å². The molecule has 0 saturated carbocycles. The largest absolute Gasteiger partial charge is 0.385 e. The number of nitrogens with zero attached hydrogens (tertiary/aromatic N) is 2. The number of aromatic nitrogens is 2. The summed E-state index contributed by atoms with van der Waals surface area (Å²) >= 11 is 5.67. The quantitative estimate of drug-likeness (QED) is 0.669. The van der Waals surface area contributed by atoms with Gasteiger partial charge in [-0.05, 0) is 0 Å². The van der Waals surface area contributed by atoms with Gasteiger partial charge in [-0.2, -0.15) is 0 Å². The molecule has 4 nitrogen and oxygen atoms in total. The van der Waals surface area contributed by atoms with Gasteiger partial charge in [-0.1, -0.05) is 11.6 Å². The van der Waals surface area contributed by atoms with Crippen molar-refractivity contribution >= 4 is 11.6 Å². The van der Waals surface area contributed by atoms with Crippen LogP contribution in [0.1, 0.15) is 11.8 Å². The van der Waals surface area contributed by atoms with Gasteiger partial charge in [0.2, 0.25) is 0 Å². The normalized spacial score (nSPS) is 13.5. The standard InChI is InChI=1S/C6H10ClN3O/c1-10-3-9-6(7)5(10)4(11)2-8/h3-4,11H,2,8H2,1H3/t4-/m0/s1. The lowest BCUT2D eigenvalue weighted by Gasteiger charge is -2.07. The zero-order valence-corrected chi connectivity index (χ0v) is 6.91. The maximum atomic E-state index is 9.31. The minimum absolute atomic E-state index is 0.152. The highest BCUT2D eigenvalue weighted by Gasteiger charge is 2.14. The molecule has 0 saturated heterocycles. The molecule has 0 fully saturated rings. The van der Waals surface area contributed by atoms with Crippen molar-refractivity contribution in [3.8, 4) is 0 Å². The van der Waals surface area contributed by atoms with Crippen LogP contribution in [0, 0.1) is 0 Å². The lowest BCUT2D eigenvalue weighted by Crippen LogP contribution is -2.14. The van der Waals surface area contributed by atoms with Gasteiger partial charge in [0, 0.05) is 13.6 Å². The average Bonchev–Trinajstić information content (AvgIpc) is 2.30. The first-order chi connectivity index (χ1) is 5.16. The number of aliphatic hydroxyl groups is 1. The van der Waals surface area contributed by atoms with Gasteiger partial charge in [-0.25, -0.2) is 4.98 Å². The Bertz CT molecular complexity index is 228. The second kappa shape index (κ2) is 3.21. The molecule has 1 aromatic rings. The Balaban J connectivity index is 3.00. The molecular formula is C6H10ClN3O. The summed E-state index contributed by atoms with van der Waals surface area (Å²) in [4.78, 5) is 3.80. The summed E-state index contributed by atoms with van der Waals surface area (Å²) in [6.45, 7) is 0.152. The summed E-state index contributed by atoms with van der Waals surface area (Å²) in [5.41, 5.74) is 5.82. The summed E-state index contributed by atoms with van der Waals surface area (Å²) in [7, 11) is 1.76. The van der Waals surface area contributed by atoms with Crippen LogP contribution in [0.15, 0.2) is 6.33 Å². The van der Waals surface area contributed by atoms with Gasteiger partial charge in [0.1, 0.15) is 6.10 Å². The number of imidazole rings is 1. The van der Waals surface area contributed by atoms with E-state index in [1.807, 2.05) is 0 Å². The topological polar surface area (TPSA) is 64.1 Å². The van der Waals surface area contributed by atoms with Crippen molar-refractivity contribution in [1.29, 1.82) is 0 Å². The van der Waals surface area contributed by atoms with Crippen LogP contribution in [0.5, 0.6) is 0 Å². The highest BCUT2D eigenvalue weighted by atomic mass is 35.5. The lowest BCUT2D eigenvalue weighted by molar-refractivity contribution is 0.178. The van der Waals surface area contributed by atoms with Gasteiger partial charge in [-0.3, -0.25) is 0 Å². The third-order valence-electron chi connectivity index (χ3n) is 1.47. The van der Waals surface area contributed by atoms with Crippen molar-refractivity contribution in [1.82, 2.24) is 9.55 Å².